The van der Waals surface area contributed by atoms with Crippen LogP contribution < -0.4 is 0 Å². The van der Waals surface area contributed by atoms with Gasteiger partial charge in [-0.2, -0.15) is 0 Å². The van der Waals surface area contributed by atoms with Crippen molar-refractivity contribution in [2.45, 2.75) is 0 Å². The van der Waals surface area contributed by atoms with Gasteiger partial charge in [0.15, 0.2) is 0 Å². The van der Waals surface area contributed by atoms with E-state index in [0.717, 1.165) is 6.20 Å². The molecule has 0 aliphatic carbocycles. The molecule has 0 saturated heterocycles. The van der Waals surface area contributed by atoms with Crippen molar-refractivity contribution in [2.75, 3.05) is 0 Å². The van der Waals surface area contributed by atoms with E-state index in [1.165, 1.54) is 11.6 Å². The number of hydrogen-bond acceptors (Lipinski definition) is 5. The first kappa shape index (κ1) is 12.1. The third-order valence-corrected chi connectivity index (χ3v) is 2.96. The van der Waals surface area contributed by atoms with E-state index in [1.807, 2.05) is 0 Å². The molecule has 18 heavy (non-hydrogen) atoms. The van der Waals surface area contributed by atoms with E-state index in [-0.39, 0.29) is 22.9 Å². The minimum Gasteiger partial charge on any atom is -0.358 e. The third-order valence-electron chi connectivity index (χ3n) is 2.38. The molecule has 2 aromatic heterocycles. The lowest BCUT2D eigenvalue weighted by atomic mass is 10.2. The lowest BCUT2D eigenvalue weighted by Gasteiger charge is -2.00. The normalized spacial score (nSPS) is 10.1. The largest absolute Gasteiger partial charge is 0.358 e. The van der Waals surface area contributed by atoms with Crippen LogP contribution in [-0.2, 0) is 18.3 Å². The Morgan fingerprint density at radius 1 is 1.44 bits per heavy atom. The van der Waals surface area contributed by atoms with Gasteiger partial charge in [0.2, 0.25) is 5.82 Å². The third kappa shape index (κ3) is 2.05. The molecule has 92 valence electrons. The maximum absolute atomic E-state index is 11.2. The quantitative estimate of drug-likeness (QED) is 0.348. The summed E-state index contributed by atoms with van der Waals surface area (Å²) in [5.41, 5.74) is 0.633. The minimum absolute atomic E-state index is 0.161. The molecule has 0 spiro atoms. The van der Waals surface area contributed by atoms with Gasteiger partial charge in [-0.05, 0) is 17.1 Å². The summed E-state index contributed by atoms with van der Waals surface area (Å²) in [6.45, 7) is 0. The Balaban J connectivity index is 2.55. The lowest BCUT2D eigenvalue weighted by Crippen LogP contribution is -2.11. The molecular weight excluding hydrogens is 256 g/mol. The summed E-state index contributed by atoms with van der Waals surface area (Å²) in [5, 5.41) is 10.7. The number of aromatic nitrogens is 3. The van der Waals surface area contributed by atoms with E-state index < -0.39 is 4.92 Å². The molecule has 0 unspecified atom stereocenters. The van der Waals surface area contributed by atoms with Crippen molar-refractivity contribution in [3.63, 3.8) is 0 Å². The van der Waals surface area contributed by atoms with Gasteiger partial charge in [0.1, 0.15) is 22.3 Å². The second-order valence-electron chi connectivity index (χ2n) is 3.40. The highest BCUT2D eigenvalue weighted by molar-refractivity contribution is 7.67. The fourth-order valence-electron chi connectivity index (χ4n) is 1.50. The highest BCUT2D eigenvalue weighted by atomic mass is 32.1. The van der Waals surface area contributed by atoms with Crippen molar-refractivity contribution < 1.29 is 9.13 Å². The Morgan fingerprint density at radius 2 is 2.11 bits per heavy atom. The predicted octanol–water partition coefficient (Wildman–Crippen LogP) is 0.505. The molecule has 0 N–H and O–H groups in total. The van der Waals surface area contributed by atoms with Crippen LogP contribution in [0.2, 0.25) is 0 Å². The predicted molar refractivity (Wildman–Crippen MR) is 65.5 cm³/mol. The molecule has 7 nitrogen and oxygen atoms in total. The number of pyridine rings is 1. The average molecular weight is 264 g/mol. The molecular formula is C10H8N4O3S. The maximum Gasteiger partial charge on any atom is 0.342 e. The van der Waals surface area contributed by atoms with Crippen LogP contribution in [0, 0.1) is 10.1 Å². The van der Waals surface area contributed by atoms with Crippen LogP contribution in [0.1, 0.15) is 11.4 Å². The summed E-state index contributed by atoms with van der Waals surface area (Å²) in [6, 6.07) is 3.31. The van der Waals surface area contributed by atoms with Crippen molar-refractivity contribution in [1.29, 1.82) is 0 Å². The highest BCUT2D eigenvalue weighted by Gasteiger charge is 2.21. The SMILES string of the molecule is Cn1c([N+](=O)[O-])cnc1C(=S=O)c1ccncc1. The monoisotopic (exact) mass is 264 g/mol. The van der Waals surface area contributed by atoms with Gasteiger partial charge in [0.25, 0.3) is 0 Å². The van der Waals surface area contributed by atoms with Crippen LogP contribution in [0.3, 0.4) is 0 Å². The summed E-state index contributed by atoms with van der Waals surface area (Å²) in [4.78, 5) is 18.3. The zero-order valence-electron chi connectivity index (χ0n) is 9.31. The first-order chi connectivity index (χ1) is 8.65. The fraction of sp³-hybridized carbons (Fsp3) is 0.100. The Kier molecular flexibility index (Phi) is 3.28. The van der Waals surface area contributed by atoms with E-state index in [2.05, 4.69) is 9.97 Å². The zero-order valence-corrected chi connectivity index (χ0v) is 10.1. The van der Waals surface area contributed by atoms with Crippen LogP contribution >= 0.6 is 0 Å². The van der Waals surface area contributed by atoms with E-state index in [1.54, 1.807) is 24.5 Å². The van der Waals surface area contributed by atoms with Crippen LogP contribution in [0.25, 0.3) is 0 Å². The van der Waals surface area contributed by atoms with Gasteiger partial charge >= 0.3 is 5.82 Å². The van der Waals surface area contributed by atoms with Crippen molar-refractivity contribution >= 4 is 21.9 Å². The Hall–Kier alpha value is -2.35. The first-order valence-electron chi connectivity index (χ1n) is 4.88. The second kappa shape index (κ2) is 4.88. The number of nitro groups is 1. The van der Waals surface area contributed by atoms with Gasteiger partial charge in [-0.3, -0.25) is 4.98 Å². The summed E-state index contributed by atoms with van der Waals surface area (Å²) in [5.74, 6) is 0.110. The molecule has 0 saturated carbocycles. The topological polar surface area (TPSA) is 90.9 Å². The summed E-state index contributed by atoms with van der Waals surface area (Å²) >= 11 is 0.248. The maximum atomic E-state index is 11.2. The van der Waals surface area contributed by atoms with Gasteiger partial charge in [0.05, 0.1) is 7.05 Å². The lowest BCUT2D eigenvalue weighted by molar-refractivity contribution is -0.391. The van der Waals surface area contributed by atoms with Crippen LogP contribution in [-0.4, -0.2) is 28.5 Å². The van der Waals surface area contributed by atoms with Gasteiger partial charge < -0.3 is 10.1 Å². The Morgan fingerprint density at radius 3 is 2.61 bits per heavy atom. The fourth-order valence-corrected chi connectivity index (χ4v) is 2.00. The van der Waals surface area contributed by atoms with Gasteiger partial charge in [-0.25, -0.2) is 13.8 Å². The molecule has 0 bridgehead atoms. The highest BCUT2D eigenvalue weighted by Crippen LogP contribution is 2.14. The Bertz CT molecular complexity index is 646. The van der Waals surface area contributed by atoms with Gasteiger partial charge in [-0.1, -0.05) is 0 Å². The number of rotatable bonds is 3. The molecule has 0 atom stereocenters. The molecule has 2 heterocycles. The van der Waals surface area contributed by atoms with E-state index in [4.69, 9.17) is 0 Å². The molecule has 2 aromatic rings. The number of nitrogens with zero attached hydrogens (tertiary/aromatic N) is 4. The number of hydrogen-bond donors (Lipinski definition) is 0. The van der Waals surface area contributed by atoms with E-state index in [9.17, 15) is 14.3 Å². The smallest absolute Gasteiger partial charge is 0.342 e. The van der Waals surface area contributed by atoms with Gasteiger partial charge in [0, 0.05) is 18.0 Å². The second-order valence-corrected chi connectivity index (χ2v) is 3.98. The summed E-state index contributed by atoms with van der Waals surface area (Å²) < 4.78 is 12.5. The van der Waals surface area contributed by atoms with Crippen LogP contribution in [0.4, 0.5) is 5.82 Å². The molecule has 0 aromatic carbocycles. The van der Waals surface area contributed by atoms with Crippen molar-refractivity contribution in [1.82, 2.24) is 14.5 Å². The van der Waals surface area contributed by atoms with Crippen molar-refractivity contribution in [3.05, 3.63) is 52.2 Å². The summed E-state index contributed by atoms with van der Waals surface area (Å²) in [6.07, 6.45) is 4.22. The van der Waals surface area contributed by atoms with Crippen molar-refractivity contribution in [3.8, 4) is 0 Å². The summed E-state index contributed by atoms with van der Waals surface area (Å²) in [7, 11) is 1.50. The van der Waals surface area contributed by atoms with Crippen molar-refractivity contribution in [2.24, 2.45) is 7.05 Å². The first-order valence-corrected chi connectivity index (χ1v) is 5.63. The zero-order chi connectivity index (χ0) is 13.1. The molecule has 2 rings (SSSR count). The van der Waals surface area contributed by atoms with Crippen LogP contribution in [0.5, 0.6) is 0 Å². The number of imidazole rings is 1. The standard InChI is InChI=1S/C10H8N4O3S/c1-13-8(14(15)16)6-12-10(13)9(18-17)7-2-4-11-5-3-7/h2-6H,1H3. The van der Waals surface area contributed by atoms with Gasteiger partial charge in [-0.15, -0.1) is 0 Å². The molecule has 0 aliphatic heterocycles. The molecule has 8 heteroatoms. The molecule has 0 radical (unpaired) electrons. The van der Waals surface area contributed by atoms with E-state index in [0.29, 0.717) is 10.4 Å². The molecule has 0 aliphatic rings. The van der Waals surface area contributed by atoms with E-state index >= 15 is 0 Å². The van der Waals surface area contributed by atoms with Crippen LogP contribution in [0.15, 0.2) is 30.7 Å². The average Bonchev–Trinajstić information content (AvgIpc) is 2.74. The molecule has 0 amide bonds. The minimum atomic E-state index is -0.545. The molecule has 0 fully saturated rings. The Labute approximate surface area is 105 Å².